The van der Waals surface area contributed by atoms with Crippen LogP contribution in [-0.2, 0) is 5.41 Å². The van der Waals surface area contributed by atoms with Crippen molar-refractivity contribution in [2.75, 3.05) is 6.54 Å². The first kappa shape index (κ1) is 11.6. The van der Waals surface area contributed by atoms with E-state index in [2.05, 4.69) is 22.1 Å². The molecule has 96 valence electrons. The van der Waals surface area contributed by atoms with E-state index in [1.165, 1.54) is 12.8 Å². The molecule has 0 spiro atoms. The van der Waals surface area contributed by atoms with Crippen LogP contribution in [0.1, 0.15) is 38.4 Å². The van der Waals surface area contributed by atoms with Crippen LogP contribution >= 0.6 is 0 Å². The van der Waals surface area contributed by atoms with Crippen molar-refractivity contribution < 1.29 is 0 Å². The SMILES string of the molecule is CC1CCC(CN)(c2nnc3cnccn23)CC1. The first-order valence-electron chi connectivity index (χ1n) is 6.60. The summed E-state index contributed by atoms with van der Waals surface area (Å²) in [5.74, 6) is 1.81. The molecule has 0 saturated heterocycles. The van der Waals surface area contributed by atoms with Gasteiger partial charge in [-0.25, -0.2) is 0 Å². The van der Waals surface area contributed by atoms with Crippen LogP contribution in [0.4, 0.5) is 0 Å². The van der Waals surface area contributed by atoms with Crippen molar-refractivity contribution in [2.24, 2.45) is 11.7 Å². The van der Waals surface area contributed by atoms with Gasteiger partial charge < -0.3 is 5.73 Å². The smallest absolute Gasteiger partial charge is 0.179 e. The predicted molar refractivity (Wildman–Crippen MR) is 69.1 cm³/mol. The van der Waals surface area contributed by atoms with Crippen molar-refractivity contribution in [3.63, 3.8) is 0 Å². The van der Waals surface area contributed by atoms with Gasteiger partial charge in [0, 0.05) is 24.4 Å². The van der Waals surface area contributed by atoms with E-state index in [1.54, 1.807) is 12.4 Å². The molecule has 5 nitrogen and oxygen atoms in total. The standard InChI is InChI=1S/C13H19N5/c1-10-2-4-13(9-14,5-3-10)12-17-16-11-8-15-6-7-18(11)12/h6-8,10H,2-5,9,14H2,1H3. The van der Waals surface area contributed by atoms with Crippen LogP contribution in [0.15, 0.2) is 18.6 Å². The van der Waals surface area contributed by atoms with Crippen molar-refractivity contribution in [2.45, 2.75) is 38.0 Å². The summed E-state index contributed by atoms with van der Waals surface area (Å²) in [4.78, 5) is 4.08. The third-order valence-electron chi connectivity index (χ3n) is 4.31. The Labute approximate surface area is 106 Å². The van der Waals surface area contributed by atoms with E-state index in [0.29, 0.717) is 6.54 Å². The molecule has 0 aliphatic heterocycles. The van der Waals surface area contributed by atoms with Crippen molar-refractivity contribution in [1.82, 2.24) is 19.6 Å². The van der Waals surface area contributed by atoms with E-state index in [4.69, 9.17) is 5.73 Å². The molecule has 0 radical (unpaired) electrons. The number of hydrogen-bond donors (Lipinski definition) is 1. The Balaban J connectivity index is 2.06. The molecule has 1 aliphatic rings. The largest absolute Gasteiger partial charge is 0.329 e. The van der Waals surface area contributed by atoms with Crippen LogP contribution in [0.5, 0.6) is 0 Å². The van der Waals surface area contributed by atoms with Gasteiger partial charge in [-0.3, -0.25) is 9.38 Å². The average molecular weight is 245 g/mol. The zero-order valence-electron chi connectivity index (χ0n) is 10.7. The quantitative estimate of drug-likeness (QED) is 0.871. The van der Waals surface area contributed by atoms with E-state index in [1.807, 2.05) is 10.6 Å². The summed E-state index contributed by atoms with van der Waals surface area (Å²) < 4.78 is 2.04. The molecule has 1 aliphatic carbocycles. The van der Waals surface area contributed by atoms with Gasteiger partial charge in [0.1, 0.15) is 5.82 Å². The molecule has 1 fully saturated rings. The Bertz CT molecular complexity index is 539. The van der Waals surface area contributed by atoms with Crippen LogP contribution in [0.25, 0.3) is 5.65 Å². The number of aromatic nitrogens is 4. The second-order valence-corrected chi connectivity index (χ2v) is 5.50. The fraction of sp³-hybridized carbons (Fsp3) is 0.615. The number of nitrogens with zero attached hydrogens (tertiary/aromatic N) is 4. The fourth-order valence-electron chi connectivity index (χ4n) is 2.95. The fourth-order valence-corrected chi connectivity index (χ4v) is 2.95. The van der Waals surface area contributed by atoms with Crippen molar-refractivity contribution in [1.29, 1.82) is 0 Å². The Morgan fingerprint density at radius 2 is 2.17 bits per heavy atom. The number of nitrogens with two attached hydrogens (primary N) is 1. The maximum atomic E-state index is 6.07. The minimum absolute atomic E-state index is 0.00667. The van der Waals surface area contributed by atoms with Gasteiger partial charge in [-0.05, 0) is 31.6 Å². The Hall–Kier alpha value is -1.49. The van der Waals surface area contributed by atoms with Crippen LogP contribution in [0.3, 0.4) is 0 Å². The van der Waals surface area contributed by atoms with E-state index >= 15 is 0 Å². The zero-order valence-corrected chi connectivity index (χ0v) is 10.7. The van der Waals surface area contributed by atoms with Gasteiger partial charge in [-0.15, -0.1) is 10.2 Å². The van der Waals surface area contributed by atoms with Crippen molar-refractivity contribution in [3.05, 3.63) is 24.4 Å². The topological polar surface area (TPSA) is 69.1 Å². The van der Waals surface area contributed by atoms with Gasteiger partial charge in [0.2, 0.25) is 0 Å². The molecule has 1 saturated carbocycles. The summed E-state index contributed by atoms with van der Waals surface area (Å²) in [7, 11) is 0. The molecule has 2 N–H and O–H groups in total. The van der Waals surface area contributed by atoms with E-state index < -0.39 is 0 Å². The van der Waals surface area contributed by atoms with Crippen LogP contribution in [0, 0.1) is 5.92 Å². The maximum absolute atomic E-state index is 6.07. The van der Waals surface area contributed by atoms with Crippen molar-refractivity contribution >= 4 is 5.65 Å². The lowest BCUT2D eigenvalue weighted by Gasteiger charge is -2.37. The first-order chi connectivity index (χ1) is 8.75. The van der Waals surface area contributed by atoms with E-state index in [-0.39, 0.29) is 5.41 Å². The molecule has 0 amide bonds. The van der Waals surface area contributed by atoms with Gasteiger partial charge in [0.25, 0.3) is 0 Å². The molecular weight excluding hydrogens is 226 g/mol. The molecule has 5 heteroatoms. The lowest BCUT2D eigenvalue weighted by atomic mass is 9.70. The summed E-state index contributed by atoms with van der Waals surface area (Å²) in [6, 6.07) is 0. The molecule has 2 aromatic heterocycles. The summed E-state index contributed by atoms with van der Waals surface area (Å²) in [6.45, 7) is 2.95. The Morgan fingerprint density at radius 1 is 1.39 bits per heavy atom. The molecule has 0 bridgehead atoms. The van der Waals surface area contributed by atoms with Gasteiger partial charge >= 0.3 is 0 Å². The van der Waals surface area contributed by atoms with E-state index in [0.717, 1.165) is 30.2 Å². The molecule has 18 heavy (non-hydrogen) atoms. The third-order valence-corrected chi connectivity index (χ3v) is 4.31. The second-order valence-electron chi connectivity index (χ2n) is 5.50. The molecule has 0 aromatic carbocycles. The highest BCUT2D eigenvalue weighted by Crippen LogP contribution is 2.39. The molecule has 2 heterocycles. The summed E-state index contributed by atoms with van der Waals surface area (Å²) in [5, 5.41) is 8.58. The lowest BCUT2D eigenvalue weighted by Crippen LogP contribution is -2.40. The van der Waals surface area contributed by atoms with Gasteiger partial charge in [0.15, 0.2) is 5.65 Å². The highest BCUT2D eigenvalue weighted by molar-refractivity contribution is 5.35. The number of fused-ring (bicyclic) bond motifs is 1. The summed E-state index contributed by atoms with van der Waals surface area (Å²) >= 11 is 0. The highest BCUT2D eigenvalue weighted by atomic mass is 15.3. The van der Waals surface area contributed by atoms with Crippen LogP contribution in [-0.4, -0.2) is 26.1 Å². The van der Waals surface area contributed by atoms with Crippen LogP contribution < -0.4 is 5.73 Å². The zero-order chi connectivity index (χ0) is 12.6. The normalized spacial score (nSPS) is 28.7. The first-order valence-corrected chi connectivity index (χ1v) is 6.60. The molecule has 3 rings (SSSR count). The number of hydrogen-bond acceptors (Lipinski definition) is 4. The minimum atomic E-state index is -0.00667. The molecule has 0 atom stereocenters. The molecule has 2 aromatic rings. The van der Waals surface area contributed by atoms with Crippen molar-refractivity contribution in [3.8, 4) is 0 Å². The average Bonchev–Trinajstić information content (AvgIpc) is 2.85. The van der Waals surface area contributed by atoms with Crippen LogP contribution in [0.2, 0.25) is 0 Å². The second kappa shape index (κ2) is 4.31. The molecule has 0 unspecified atom stereocenters. The predicted octanol–water partition coefficient (Wildman–Crippen LogP) is 1.53. The summed E-state index contributed by atoms with van der Waals surface area (Å²) in [6.07, 6.45) is 10.1. The molecular formula is C13H19N5. The lowest BCUT2D eigenvalue weighted by molar-refractivity contribution is 0.235. The third kappa shape index (κ3) is 1.70. The Morgan fingerprint density at radius 3 is 2.89 bits per heavy atom. The van der Waals surface area contributed by atoms with E-state index in [9.17, 15) is 0 Å². The van der Waals surface area contributed by atoms with Gasteiger partial charge in [-0.2, -0.15) is 0 Å². The highest BCUT2D eigenvalue weighted by Gasteiger charge is 2.38. The minimum Gasteiger partial charge on any atom is -0.329 e. The maximum Gasteiger partial charge on any atom is 0.179 e. The van der Waals surface area contributed by atoms with Gasteiger partial charge in [0.05, 0.1) is 6.20 Å². The monoisotopic (exact) mass is 245 g/mol. The van der Waals surface area contributed by atoms with Gasteiger partial charge in [-0.1, -0.05) is 6.92 Å². The number of rotatable bonds is 2. The summed E-state index contributed by atoms with van der Waals surface area (Å²) in [5.41, 5.74) is 6.87. The Kier molecular flexibility index (Phi) is 2.78.